The minimum absolute atomic E-state index is 0.0689. The first-order chi connectivity index (χ1) is 12.6. The molecule has 2 aliphatic heterocycles. The molecule has 6 nitrogen and oxygen atoms in total. The van der Waals surface area contributed by atoms with Crippen LogP contribution in [0.4, 0.5) is 0 Å². The zero-order valence-electron chi connectivity index (χ0n) is 15.2. The zero-order chi connectivity index (χ0) is 18.3. The van der Waals surface area contributed by atoms with E-state index in [9.17, 15) is 9.59 Å². The van der Waals surface area contributed by atoms with Crippen LogP contribution in [-0.4, -0.2) is 58.8 Å². The van der Waals surface area contributed by atoms with Crippen molar-refractivity contribution in [2.24, 2.45) is 11.7 Å². The van der Waals surface area contributed by atoms with E-state index in [1.54, 1.807) is 0 Å². The van der Waals surface area contributed by atoms with E-state index in [1.165, 1.54) is 0 Å². The van der Waals surface area contributed by atoms with E-state index in [0.717, 1.165) is 29.3 Å². The number of benzene rings is 1. The summed E-state index contributed by atoms with van der Waals surface area (Å²) < 4.78 is 0. The van der Waals surface area contributed by atoms with Crippen LogP contribution in [0.1, 0.15) is 35.3 Å². The lowest BCUT2D eigenvalue weighted by molar-refractivity contribution is -0.140. The molecule has 6 heteroatoms. The van der Waals surface area contributed by atoms with Crippen molar-refractivity contribution >= 4 is 22.7 Å². The molecule has 2 aromatic rings. The number of nitrogens with one attached hydrogen (secondary N) is 1. The first-order valence-corrected chi connectivity index (χ1v) is 9.46. The number of nitrogens with two attached hydrogens (primary N) is 1. The van der Waals surface area contributed by atoms with Crippen molar-refractivity contribution < 1.29 is 9.59 Å². The number of nitrogens with zero attached hydrogens (tertiary/aromatic N) is 2. The maximum absolute atomic E-state index is 13.1. The van der Waals surface area contributed by atoms with Crippen molar-refractivity contribution in [1.82, 2.24) is 14.8 Å². The van der Waals surface area contributed by atoms with Crippen LogP contribution in [0, 0.1) is 12.8 Å². The number of carbonyl (C=O) groups is 2. The SMILES string of the molecule is Cc1c(C(=O)N2CC[C@@H]3[C@@H](CCC(=O)N3CCN)C2)[nH]c2ccccc12. The summed E-state index contributed by atoms with van der Waals surface area (Å²) >= 11 is 0. The molecule has 2 atom stereocenters. The number of amides is 2. The number of rotatable bonds is 3. The van der Waals surface area contributed by atoms with E-state index in [2.05, 4.69) is 4.98 Å². The van der Waals surface area contributed by atoms with Crippen LogP contribution in [-0.2, 0) is 4.79 Å². The van der Waals surface area contributed by atoms with Crippen molar-refractivity contribution in [2.45, 2.75) is 32.2 Å². The van der Waals surface area contributed by atoms with E-state index in [-0.39, 0.29) is 17.9 Å². The fourth-order valence-electron chi connectivity index (χ4n) is 4.62. The van der Waals surface area contributed by atoms with Crippen molar-refractivity contribution in [3.8, 4) is 0 Å². The second-order valence-electron chi connectivity index (χ2n) is 7.45. The molecule has 2 amide bonds. The normalized spacial score (nSPS) is 23.4. The summed E-state index contributed by atoms with van der Waals surface area (Å²) in [5.74, 6) is 0.629. The second-order valence-corrected chi connectivity index (χ2v) is 7.45. The molecule has 3 heterocycles. The highest BCUT2D eigenvalue weighted by atomic mass is 16.2. The molecule has 3 N–H and O–H groups in total. The smallest absolute Gasteiger partial charge is 0.270 e. The predicted octanol–water partition coefficient (Wildman–Crippen LogP) is 1.89. The molecule has 1 aromatic carbocycles. The number of para-hydroxylation sites is 1. The average molecular weight is 354 g/mol. The van der Waals surface area contributed by atoms with Gasteiger partial charge in [-0.25, -0.2) is 0 Å². The number of hydrogen-bond acceptors (Lipinski definition) is 3. The fraction of sp³-hybridized carbons (Fsp3) is 0.500. The van der Waals surface area contributed by atoms with Gasteiger partial charge in [0.2, 0.25) is 5.91 Å². The summed E-state index contributed by atoms with van der Waals surface area (Å²) in [5.41, 5.74) is 8.39. The minimum atomic E-state index is 0.0689. The number of aryl methyl sites for hydroxylation is 1. The van der Waals surface area contributed by atoms with Crippen LogP contribution in [0.25, 0.3) is 10.9 Å². The Balaban J connectivity index is 1.54. The molecule has 0 saturated carbocycles. The third-order valence-electron chi connectivity index (χ3n) is 5.98. The van der Waals surface area contributed by atoms with Crippen molar-refractivity contribution in [2.75, 3.05) is 26.2 Å². The third-order valence-corrected chi connectivity index (χ3v) is 5.98. The summed E-state index contributed by atoms with van der Waals surface area (Å²) in [6, 6.07) is 8.24. The van der Waals surface area contributed by atoms with E-state index in [4.69, 9.17) is 5.73 Å². The lowest BCUT2D eigenvalue weighted by Gasteiger charge is -2.47. The van der Waals surface area contributed by atoms with Crippen LogP contribution in [0.3, 0.4) is 0 Å². The minimum Gasteiger partial charge on any atom is -0.350 e. The van der Waals surface area contributed by atoms with Gasteiger partial charge >= 0.3 is 0 Å². The Morgan fingerprint density at radius 2 is 2.12 bits per heavy atom. The number of H-pyrrole nitrogens is 1. The average Bonchev–Trinajstić information content (AvgIpc) is 3.00. The Labute approximate surface area is 153 Å². The summed E-state index contributed by atoms with van der Waals surface area (Å²) in [7, 11) is 0. The van der Waals surface area contributed by atoms with Gasteiger partial charge in [0.25, 0.3) is 5.91 Å². The highest BCUT2D eigenvalue weighted by Crippen LogP contribution is 2.32. The number of aromatic amines is 1. The standard InChI is InChI=1S/C20H26N4O2/c1-13-15-4-2-3-5-16(15)22-19(13)20(26)23-10-8-17-14(12-23)6-7-18(25)24(17)11-9-21/h2-5,14,17,22H,6-12,21H2,1H3/t14-,17+/m0/s1. The van der Waals surface area contributed by atoms with Gasteiger partial charge in [0.05, 0.1) is 0 Å². The molecule has 0 radical (unpaired) electrons. The van der Waals surface area contributed by atoms with Crippen molar-refractivity contribution in [3.05, 3.63) is 35.5 Å². The topological polar surface area (TPSA) is 82.4 Å². The monoisotopic (exact) mass is 354 g/mol. The molecule has 4 rings (SSSR count). The van der Waals surface area contributed by atoms with Crippen molar-refractivity contribution in [3.63, 3.8) is 0 Å². The zero-order valence-corrected chi connectivity index (χ0v) is 15.2. The maximum Gasteiger partial charge on any atom is 0.270 e. The van der Waals surface area contributed by atoms with Crippen molar-refractivity contribution in [1.29, 1.82) is 0 Å². The quantitative estimate of drug-likeness (QED) is 0.883. The molecular formula is C20H26N4O2. The van der Waals surface area contributed by atoms with Crippen LogP contribution < -0.4 is 5.73 Å². The fourth-order valence-corrected chi connectivity index (χ4v) is 4.62. The molecule has 0 spiro atoms. The number of hydrogen-bond donors (Lipinski definition) is 2. The number of fused-ring (bicyclic) bond motifs is 2. The molecule has 138 valence electrons. The number of carbonyl (C=O) groups excluding carboxylic acids is 2. The molecule has 0 unspecified atom stereocenters. The second kappa shape index (κ2) is 6.76. The maximum atomic E-state index is 13.1. The highest BCUT2D eigenvalue weighted by Gasteiger charge is 2.40. The van der Waals surface area contributed by atoms with Gasteiger partial charge in [0, 0.05) is 49.5 Å². The van der Waals surface area contributed by atoms with Gasteiger partial charge in [-0.2, -0.15) is 0 Å². The van der Waals surface area contributed by atoms with Gasteiger partial charge in [0.1, 0.15) is 5.69 Å². The molecule has 0 aliphatic carbocycles. The van der Waals surface area contributed by atoms with Crippen LogP contribution >= 0.6 is 0 Å². The lowest BCUT2D eigenvalue weighted by Crippen LogP contribution is -2.57. The summed E-state index contributed by atoms with van der Waals surface area (Å²) in [5, 5.41) is 1.10. The van der Waals surface area contributed by atoms with Crippen LogP contribution in [0.15, 0.2) is 24.3 Å². The molecule has 2 fully saturated rings. The molecule has 1 aromatic heterocycles. The van der Waals surface area contributed by atoms with Gasteiger partial charge in [-0.15, -0.1) is 0 Å². The Morgan fingerprint density at radius 1 is 1.31 bits per heavy atom. The van der Waals surface area contributed by atoms with Gasteiger partial charge in [-0.3, -0.25) is 9.59 Å². The van der Waals surface area contributed by atoms with Gasteiger partial charge in [-0.1, -0.05) is 18.2 Å². The molecule has 26 heavy (non-hydrogen) atoms. The lowest BCUT2D eigenvalue weighted by atomic mass is 9.83. The predicted molar refractivity (Wildman–Crippen MR) is 101 cm³/mol. The van der Waals surface area contributed by atoms with E-state index in [1.807, 2.05) is 41.0 Å². The first-order valence-electron chi connectivity index (χ1n) is 9.46. The van der Waals surface area contributed by atoms with E-state index in [0.29, 0.717) is 44.2 Å². The largest absolute Gasteiger partial charge is 0.350 e. The third kappa shape index (κ3) is 2.78. The summed E-state index contributed by atoms with van der Waals surface area (Å²) in [6.07, 6.45) is 2.26. The van der Waals surface area contributed by atoms with E-state index >= 15 is 0 Å². The van der Waals surface area contributed by atoms with E-state index < -0.39 is 0 Å². The van der Waals surface area contributed by atoms with Crippen LogP contribution in [0.5, 0.6) is 0 Å². The Hall–Kier alpha value is -2.34. The molecular weight excluding hydrogens is 328 g/mol. The van der Waals surface area contributed by atoms with Gasteiger partial charge in [-0.05, 0) is 37.3 Å². The molecule has 2 saturated heterocycles. The number of piperidine rings is 2. The van der Waals surface area contributed by atoms with Gasteiger partial charge in [0.15, 0.2) is 0 Å². The number of likely N-dealkylation sites (tertiary alicyclic amines) is 2. The van der Waals surface area contributed by atoms with Crippen LogP contribution in [0.2, 0.25) is 0 Å². The molecule has 2 aliphatic rings. The highest BCUT2D eigenvalue weighted by molar-refractivity contribution is 6.01. The summed E-state index contributed by atoms with van der Waals surface area (Å²) in [6.45, 7) is 4.51. The Bertz CT molecular complexity index is 843. The summed E-state index contributed by atoms with van der Waals surface area (Å²) in [4.78, 5) is 32.5. The van der Waals surface area contributed by atoms with Gasteiger partial charge < -0.3 is 20.5 Å². The Morgan fingerprint density at radius 3 is 2.88 bits per heavy atom. The Kier molecular flexibility index (Phi) is 4.44. The molecule has 0 bridgehead atoms. The first kappa shape index (κ1) is 17.1. The number of aromatic nitrogens is 1.